The number of aryl methyl sites for hydroxylation is 2. The van der Waals surface area contributed by atoms with Gasteiger partial charge in [-0.25, -0.2) is 4.79 Å². The maximum Gasteiger partial charge on any atom is 0.325 e. The van der Waals surface area contributed by atoms with Crippen molar-refractivity contribution < 1.29 is 9.59 Å². The van der Waals surface area contributed by atoms with Crippen LogP contribution in [-0.2, 0) is 11.3 Å². The van der Waals surface area contributed by atoms with Crippen molar-refractivity contribution >= 4 is 29.2 Å². The van der Waals surface area contributed by atoms with Crippen LogP contribution in [0.15, 0.2) is 42.5 Å². The number of nitrogens with one attached hydrogen (secondary N) is 2. The normalized spacial score (nSPS) is 10.6. The van der Waals surface area contributed by atoms with Crippen LogP contribution < -0.4 is 10.6 Å². The first-order chi connectivity index (χ1) is 11.8. The highest BCUT2D eigenvalue weighted by atomic mass is 35.5. The van der Waals surface area contributed by atoms with E-state index in [0.717, 1.165) is 16.7 Å². The fraction of sp³-hybridized carbons (Fsp3) is 0.263. The highest BCUT2D eigenvalue weighted by molar-refractivity contribution is 6.30. The second-order valence-electron chi connectivity index (χ2n) is 6.12. The predicted octanol–water partition coefficient (Wildman–Crippen LogP) is 3.74. The fourth-order valence-corrected chi connectivity index (χ4v) is 2.73. The van der Waals surface area contributed by atoms with Crippen LogP contribution in [0.3, 0.4) is 0 Å². The smallest absolute Gasteiger partial charge is 0.307 e. The zero-order valence-electron chi connectivity index (χ0n) is 14.6. The highest BCUT2D eigenvalue weighted by Crippen LogP contribution is 2.15. The van der Waals surface area contributed by atoms with Crippen LogP contribution in [0.25, 0.3) is 0 Å². The van der Waals surface area contributed by atoms with E-state index < -0.39 is 6.03 Å². The summed E-state index contributed by atoms with van der Waals surface area (Å²) in [6.07, 6.45) is 0. The molecule has 0 saturated carbocycles. The van der Waals surface area contributed by atoms with Crippen molar-refractivity contribution in [3.05, 3.63) is 64.2 Å². The van der Waals surface area contributed by atoms with Crippen LogP contribution in [0, 0.1) is 13.8 Å². The van der Waals surface area contributed by atoms with E-state index >= 15 is 0 Å². The van der Waals surface area contributed by atoms with Crippen LogP contribution in [0.1, 0.15) is 16.7 Å². The number of nitrogens with zero attached hydrogens (tertiary/aromatic N) is 1. The topological polar surface area (TPSA) is 61.4 Å². The van der Waals surface area contributed by atoms with Crippen molar-refractivity contribution in [3.8, 4) is 0 Å². The Bertz CT molecular complexity index is 777. The maximum atomic E-state index is 12.0. The van der Waals surface area contributed by atoms with Crippen LogP contribution in [0.5, 0.6) is 0 Å². The lowest BCUT2D eigenvalue weighted by molar-refractivity contribution is -0.120. The average molecular weight is 360 g/mol. The van der Waals surface area contributed by atoms with Crippen LogP contribution in [0.4, 0.5) is 10.5 Å². The van der Waals surface area contributed by atoms with E-state index in [9.17, 15) is 9.59 Å². The largest absolute Gasteiger partial charge is 0.325 e. The van der Waals surface area contributed by atoms with Crippen molar-refractivity contribution in [2.24, 2.45) is 0 Å². The van der Waals surface area contributed by atoms with Crippen LogP contribution in [0.2, 0.25) is 5.02 Å². The molecule has 2 aromatic rings. The second kappa shape index (κ2) is 8.65. The van der Waals surface area contributed by atoms with Crippen LogP contribution >= 0.6 is 11.6 Å². The molecule has 2 rings (SSSR count). The molecule has 0 fully saturated rings. The Morgan fingerprint density at radius 2 is 1.88 bits per heavy atom. The quantitative estimate of drug-likeness (QED) is 0.854. The van der Waals surface area contributed by atoms with Gasteiger partial charge in [0.15, 0.2) is 0 Å². The molecule has 5 nitrogen and oxygen atoms in total. The number of benzene rings is 2. The van der Waals surface area contributed by atoms with Gasteiger partial charge in [0.1, 0.15) is 0 Å². The number of rotatable bonds is 5. The number of hydrogen-bond acceptors (Lipinski definition) is 3. The molecule has 0 spiro atoms. The van der Waals surface area contributed by atoms with Crippen molar-refractivity contribution in [1.29, 1.82) is 0 Å². The molecule has 0 aliphatic rings. The summed E-state index contributed by atoms with van der Waals surface area (Å²) in [5.74, 6) is -0.369. The summed E-state index contributed by atoms with van der Waals surface area (Å²) >= 11 is 5.95. The average Bonchev–Trinajstić information content (AvgIpc) is 2.49. The number of urea groups is 1. The summed E-state index contributed by atoms with van der Waals surface area (Å²) in [4.78, 5) is 25.8. The molecule has 0 aliphatic heterocycles. The lowest BCUT2D eigenvalue weighted by Crippen LogP contribution is -2.40. The molecule has 3 amide bonds. The third-order valence-electron chi connectivity index (χ3n) is 3.64. The van der Waals surface area contributed by atoms with Crippen LogP contribution in [-0.4, -0.2) is 30.4 Å². The number of halogens is 1. The number of carbonyl (C=O) groups is 2. The Labute approximate surface area is 153 Å². The monoisotopic (exact) mass is 359 g/mol. The van der Waals surface area contributed by atoms with Crippen molar-refractivity contribution in [1.82, 2.24) is 10.2 Å². The Morgan fingerprint density at radius 3 is 2.56 bits per heavy atom. The van der Waals surface area contributed by atoms with E-state index in [-0.39, 0.29) is 12.5 Å². The Balaban J connectivity index is 1.83. The zero-order valence-corrected chi connectivity index (χ0v) is 15.4. The fourth-order valence-electron chi connectivity index (χ4n) is 2.52. The number of amides is 3. The lowest BCUT2D eigenvalue weighted by atomic mass is 10.1. The zero-order chi connectivity index (χ0) is 18.4. The Kier molecular flexibility index (Phi) is 6.56. The highest BCUT2D eigenvalue weighted by Gasteiger charge is 2.12. The molecule has 2 aromatic carbocycles. The second-order valence-corrected chi connectivity index (χ2v) is 6.56. The van der Waals surface area contributed by atoms with Gasteiger partial charge in [0.25, 0.3) is 0 Å². The van der Waals surface area contributed by atoms with Gasteiger partial charge in [-0.1, -0.05) is 41.4 Å². The molecule has 0 heterocycles. The maximum absolute atomic E-state index is 12.0. The minimum absolute atomic E-state index is 0.104. The summed E-state index contributed by atoms with van der Waals surface area (Å²) in [5.41, 5.74) is 3.74. The molecule has 0 aliphatic carbocycles. The number of carbonyl (C=O) groups excluding carboxylic acids is 2. The summed E-state index contributed by atoms with van der Waals surface area (Å²) in [7, 11) is 1.81. The SMILES string of the molecule is Cc1ccc(NC(=O)NC(=O)CN(C)Cc2cccc(Cl)c2)c(C)c1. The van der Waals surface area contributed by atoms with E-state index in [1.165, 1.54) is 0 Å². The minimum atomic E-state index is -0.534. The number of anilines is 1. The molecule has 0 saturated heterocycles. The first-order valence-corrected chi connectivity index (χ1v) is 8.32. The third-order valence-corrected chi connectivity index (χ3v) is 3.87. The predicted molar refractivity (Wildman–Crippen MR) is 101 cm³/mol. The third kappa shape index (κ3) is 6.21. The van der Waals surface area contributed by atoms with Gasteiger partial charge in [-0.2, -0.15) is 0 Å². The number of hydrogen-bond donors (Lipinski definition) is 2. The summed E-state index contributed by atoms with van der Waals surface area (Å²) in [6, 6.07) is 12.6. The molecule has 2 N–H and O–H groups in total. The van der Waals surface area contributed by atoms with Gasteiger partial charge in [-0.05, 0) is 50.2 Å². The van der Waals surface area contributed by atoms with Crippen molar-refractivity contribution in [3.63, 3.8) is 0 Å². The van der Waals surface area contributed by atoms with Crippen molar-refractivity contribution in [2.75, 3.05) is 18.9 Å². The van der Waals surface area contributed by atoms with Gasteiger partial charge in [0.2, 0.25) is 5.91 Å². The van der Waals surface area contributed by atoms with Gasteiger partial charge >= 0.3 is 6.03 Å². The molecule has 0 unspecified atom stereocenters. The van der Waals surface area contributed by atoms with Gasteiger partial charge < -0.3 is 5.32 Å². The number of likely N-dealkylation sites (N-methyl/N-ethyl adjacent to an activating group) is 1. The van der Waals surface area contributed by atoms with Gasteiger partial charge in [-0.3, -0.25) is 15.0 Å². The minimum Gasteiger partial charge on any atom is -0.307 e. The van der Waals surface area contributed by atoms with E-state index in [1.807, 2.05) is 62.2 Å². The molecular formula is C19H22ClN3O2. The van der Waals surface area contributed by atoms with Gasteiger partial charge in [-0.15, -0.1) is 0 Å². The molecule has 0 radical (unpaired) electrons. The first-order valence-electron chi connectivity index (χ1n) is 7.94. The molecule has 25 heavy (non-hydrogen) atoms. The standard InChI is InChI=1S/C19H22ClN3O2/c1-13-7-8-17(14(2)9-13)21-19(25)22-18(24)12-23(3)11-15-5-4-6-16(20)10-15/h4-10H,11-12H2,1-3H3,(H2,21,22,24,25). The summed E-state index contributed by atoms with van der Waals surface area (Å²) in [6.45, 7) is 4.55. The molecule has 132 valence electrons. The number of imide groups is 1. The molecule has 0 bridgehead atoms. The lowest BCUT2D eigenvalue weighted by Gasteiger charge is -2.16. The van der Waals surface area contributed by atoms with E-state index in [0.29, 0.717) is 17.3 Å². The summed E-state index contributed by atoms with van der Waals surface area (Å²) in [5, 5.41) is 5.69. The van der Waals surface area contributed by atoms with Crippen molar-refractivity contribution in [2.45, 2.75) is 20.4 Å². The van der Waals surface area contributed by atoms with Gasteiger partial charge in [0.05, 0.1) is 6.54 Å². The van der Waals surface area contributed by atoms with E-state index in [2.05, 4.69) is 10.6 Å². The molecule has 0 atom stereocenters. The van der Waals surface area contributed by atoms with E-state index in [4.69, 9.17) is 11.6 Å². The van der Waals surface area contributed by atoms with E-state index in [1.54, 1.807) is 6.07 Å². The van der Waals surface area contributed by atoms with Gasteiger partial charge in [0, 0.05) is 17.3 Å². The molecule has 0 aromatic heterocycles. The molecule has 6 heteroatoms. The summed E-state index contributed by atoms with van der Waals surface area (Å²) < 4.78 is 0. The first kappa shape index (κ1) is 19.0. The molecular weight excluding hydrogens is 338 g/mol. The Hall–Kier alpha value is -2.37. The Morgan fingerprint density at radius 1 is 1.12 bits per heavy atom.